The normalized spacial score (nSPS) is 9.94. The van der Waals surface area contributed by atoms with Crippen molar-refractivity contribution in [3.8, 4) is 5.75 Å². The molecule has 0 aromatic heterocycles. The Morgan fingerprint density at radius 1 is 1.50 bits per heavy atom. The van der Waals surface area contributed by atoms with E-state index in [1.54, 1.807) is 19.1 Å². The summed E-state index contributed by atoms with van der Waals surface area (Å²) in [6.07, 6.45) is 1.15. The number of halogens is 1. The molecule has 0 heterocycles. The van der Waals surface area contributed by atoms with E-state index < -0.39 is 0 Å². The molecule has 1 aromatic rings. The van der Waals surface area contributed by atoms with Gasteiger partial charge in [-0.15, -0.1) is 0 Å². The highest BCUT2D eigenvalue weighted by atomic mass is 19.1. The molecule has 0 unspecified atom stereocenters. The lowest BCUT2D eigenvalue weighted by Gasteiger charge is -2.06. The van der Waals surface area contributed by atoms with Crippen LogP contribution in [0.25, 0.3) is 0 Å². The van der Waals surface area contributed by atoms with Gasteiger partial charge < -0.3 is 10.1 Å². The fraction of sp³-hybridized carbons (Fsp3) is 0.417. The summed E-state index contributed by atoms with van der Waals surface area (Å²) in [7, 11) is 1.43. The first kappa shape index (κ1) is 12.5. The van der Waals surface area contributed by atoms with Crippen molar-refractivity contribution in [3.05, 3.63) is 29.6 Å². The van der Waals surface area contributed by atoms with E-state index in [0.29, 0.717) is 19.4 Å². The summed E-state index contributed by atoms with van der Waals surface area (Å²) in [4.78, 5) is 11.0. The van der Waals surface area contributed by atoms with Crippen LogP contribution in [-0.4, -0.2) is 19.6 Å². The van der Waals surface area contributed by atoms with Crippen molar-refractivity contribution in [3.63, 3.8) is 0 Å². The highest BCUT2D eigenvalue weighted by Crippen LogP contribution is 2.18. The van der Waals surface area contributed by atoms with Gasteiger partial charge in [0.25, 0.3) is 0 Å². The first-order chi connectivity index (χ1) is 7.67. The smallest absolute Gasteiger partial charge is 0.219 e. The molecule has 1 amide bonds. The zero-order chi connectivity index (χ0) is 12.0. The number of benzene rings is 1. The molecule has 0 bridgehead atoms. The average molecular weight is 225 g/mol. The number of amides is 1. The van der Waals surface area contributed by atoms with Gasteiger partial charge in [0.05, 0.1) is 7.11 Å². The van der Waals surface area contributed by atoms with Crippen molar-refractivity contribution in [2.24, 2.45) is 0 Å². The summed E-state index contributed by atoms with van der Waals surface area (Å²) in [6.45, 7) is 2.36. The molecular formula is C12H16FNO2. The molecule has 0 spiro atoms. The van der Waals surface area contributed by atoms with E-state index in [1.807, 2.05) is 0 Å². The summed E-state index contributed by atoms with van der Waals surface area (Å²) in [5.41, 5.74) is 0.939. The maximum atomic E-state index is 13.1. The summed E-state index contributed by atoms with van der Waals surface area (Å²) in [5, 5.41) is 2.76. The number of methoxy groups -OCH3 is 1. The SMILES string of the molecule is CCC(=O)NCCc1ccc(F)c(OC)c1. The Morgan fingerprint density at radius 2 is 2.25 bits per heavy atom. The Morgan fingerprint density at radius 3 is 2.88 bits per heavy atom. The number of rotatable bonds is 5. The monoisotopic (exact) mass is 225 g/mol. The van der Waals surface area contributed by atoms with Gasteiger partial charge in [-0.05, 0) is 24.1 Å². The van der Waals surface area contributed by atoms with E-state index in [9.17, 15) is 9.18 Å². The van der Waals surface area contributed by atoms with Gasteiger partial charge in [0.2, 0.25) is 5.91 Å². The fourth-order valence-electron chi connectivity index (χ4n) is 1.33. The standard InChI is InChI=1S/C12H16FNO2/c1-3-12(15)14-7-6-9-4-5-10(13)11(8-9)16-2/h4-5,8H,3,6-7H2,1-2H3,(H,14,15). The second-order valence-corrected chi connectivity index (χ2v) is 3.42. The third kappa shape index (κ3) is 3.53. The van der Waals surface area contributed by atoms with E-state index in [0.717, 1.165) is 5.56 Å². The topological polar surface area (TPSA) is 38.3 Å². The van der Waals surface area contributed by atoms with Crippen molar-refractivity contribution in [2.75, 3.05) is 13.7 Å². The lowest BCUT2D eigenvalue weighted by Crippen LogP contribution is -2.24. The fourth-order valence-corrected chi connectivity index (χ4v) is 1.33. The molecule has 0 aliphatic rings. The molecule has 1 rings (SSSR count). The molecule has 1 N–H and O–H groups in total. The van der Waals surface area contributed by atoms with Crippen LogP contribution in [0.5, 0.6) is 5.75 Å². The van der Waals surface area contributed by atoms with Gasteiger partial charge in [0.15, 0.2) is 11.6 Å². The van der Waals surface area contributed by atoms with Gasteiger partial charge in [-0.25, -0.2) is 4.39 Å². The maximum absolute atomic E-state index is 13.1. The second kappa shape index (κ2) is 6.10. The molecule has 0 radical (unpaired) electrons. The van der Waals surface area contributed by atoms with Crippen LogP contribution in [0.15, 0.2) is 18.2 Å². The van der Waals surface area contributed by atoms with Crippen LogP contribution in [0.1, 0.15) is 18.9 Å². The summed E-state index contributed by atoms with van der Waals surface area (Å²) >= 11 is 0. The zero-order valence-corrected chi connectivity index (χ0v) is 9.55. The van der Waals surface area contributed by atoms with Crippen LogP contribution in [0, 0.1) is 5.82 Å². The molecule has 16 heavy (non-hydrogen) atoms. The van der Waals surface area contributed by atoms with E-state index >= 15 is 0 Å². The molecule has 0 fully saturated rings. The van der Waals surface area contributed by atoms with Crippen LogP contribution in [0.4, 0.5) is 4.39 Å². The van der Waals surface area contributed by atoms with Gasteiger partial charge in [-0.1, -0.05) is 13.0 Å². The van der Waals surface area contributed by atoms with Gasteiger partial charge in [-0.3, -0.25) is 4.79 Å². The molecule has 3 nitrogen and oxygen atoms in total. The number of nitrogens with one attached hydrogen (secondary N) is 1. The number of carbonyl (C=O) groups excluding carboxylic acids is 1. The van der Waals surface area contributed by atoms with Gasteiger partial charge in [0, 0.05) is 13.0 Å². The van der Waals surface area contributed by atoms with Crippen LogP contribution in [-0.2, 0) is 11.2 Å². The summed E-state index contributed by atoms with van der Waals surface area (Å²) < 4.78 is 18.0. The Hall–Kier alpha value is -1.58. The largest absolute Gasteiger partial charge is 0.494 e. The van der Waals surface area contributed by atoms with E-state index in [4.69, 9.17) is 4.74 Å². The molecule has 0 atom stereocenters. The Bertz CT molecular complexity index is 366. The third-order valence-electron chi connectivity index (χ3n) is 2.27. The molecular weight excluding hydrogens is 209 g/mol. The van der Waals surface area contributed by atoms with Crippen molar-refractivity contribution < 1.29 is 13.9 Å². The Kier molecular flexibility index (Phi) is 4.76. The van der Waals surface area contributed by atoms with Gasteiger partial charge in [-0.2, -0.15) is 0 Å². The predicted octanol–water partition coefficient (Wildman–Crippen LogP) is 1.90. The molecule has 88 valence electrons. The average Bonchev–Trinajstić information content (AvgIpc) is 2.31. The van der Waals surface area contributed by atoms with E-state index in [2.05, 4.69) is 5.32 Å². The first-order valence-electron chi connectivity index (χ1n) is 5.26. The number of carbonyl (C=O) groups is 1. The number of hydrogen-bond acceptors (Lipinski definition) is 2. The van der Waals surface area contributed by atoms with Crippen LogP contribution in [0.2, 0.25) is 0 Å². The van der Waals surface area contributed by atoms with Crippen LogP contribution in [0.3, 0.4) is 0 Å². The van der Waals surface area contributed by atoms with Crippen molar-refractivity contribution in [2.45, 2.75) is 19.8 Å². The maximum Gasteiger partial charge on any atom is 0.219 e. The van der Waals surface area contributed by atoms with E-state index in [1.165, 1.54) is 13.2 Å². The highest BCUT2D eigenvalue weighted by Gasteiger charge is 2.03. The number of hydrogen-bond donors (Lipinski definition) is 1. The van der Waals surface area contributed by atoms with Crippen molar-refractivity contribution >= 4 is 5.91 Å². The summed E-state index contributed by atoms with van der Waals surface area (Å²) in [5.74, 6) is -0.114. The third-order valence-corrected chi connectivity index (χ3v) is 2.27. The molecule has 0 aliphatic heterocycles. The highest BCUT2D eigenvalue weighted by molar-refractivity contribution is 5.75. The molecule has 4 heteroatoms. The lowest BCUT2D eigenvalue weighted by molar-refractivity contribution is -0.120. The van der Waals surface area contributed by atoms with Crippen molar-refractivity contribution in [1.29, 1.82) is 0 Å². The molecule has 1 aromatic carbocycles. The Balaban J connectivity index is 2.51. The zero-order valence-electron chi connectivity index (χ0n) is 9.55. The van der Waals surface area contributed by atoms with E-state index in [-0.39, 0.29) is 17.5 Å². The molecule has 0 saturated heterocycles. The van der Waals surface area contributed by atoms with Gasteiger partial charge in [0.1, 0.15) is 0 Å². The quantitative estimate of drug-likeness (QED) is 0.831. The first-order valence-corrected chi connectivity index (χ1v) is 5.26. The molecule has 0 aliphatic carbocycles. The number of ether oxygens (including phenoxy) is 1. The van der Waals surface area contributed by atoms with Gasteiger partial charge >= 0.3 is 0 Å². The summed E-state index contributed by atoms with van der Waals surface area (Å²) in [6, 6.07) is 4.71. The minimum atomic E-state index is -0.371. The van der Waals surface area contributed by atoms with Crippen LogP contribution < -0.4 is 10.1 Å². The minimum absolute atomic E-state index is 0.0223. The minimum Gasteiger partial charge on any atom is -0.494 e. The van der Waals surface area contributed by atoms with Crippen molar-refractivity contribution in [1.82, 2.24) is 5.32 Å². The second-order valence-electron chi connectivity index (χ2n) is 3.42. The lowest BCUT2D eigenvalue weighted by atomic mass is 10.1. The molecule has 0 saturated carbocycles. The predicted molar refractivity (Wildman–Crippen MR) is 60.0 cm³/mol. The van der Waals surface area contributed by atoms with Crippen LogP contribution >= 0.6 is 0 Å². The Labute approximate surface area is 94.6 Å².